The normalized spacial score (nSPS) is 23.0. The molecule has 0 radical (unpaired) electrons. The fourth-order valence-corrected chi connectivity index (χ4v) is 5.27. The summed E-state index contributed by atoms with van der Waals surface area (Å²) in [5, 5.41) is 12.0. The van der Waals surface area contributed by atoms with Crippen LogP contribution < -0.4 is 5.73 Å². The van der Waals surface area contributed by atoms with Crippen LogP contribution in [-0.2, 0) is 31.3 Å². The monoisotopic (exact) mass is 432 g/mol. The van der Waals surface area contributed by atoms with E-state index < -0.39 is 11.0 Å². The predicted octanol–water partition coefficient (Wildman–Crippen LogP) is 3.64. The second-order valence-corrected chi connectivity index (χ2v) is 9.62. The molecule has 1 saturated carbocycles. The topological polar surface area (TPSA) is 112 Å². The number of aliphatic hydroxyl groups is 1. The number of carbonyl (C=O) groups is 2. The van der Waals surface area contributed by atoms with Crippen molar-refractivity contribution in [1.29, 1.82) is 0 Å². The molecule has 0 saturated heterocycles. The highest BCUT2D eigenvalue weighted by molar-refractivity contribution is 7.15. The average molecular weight is 433 g/mol. The number of hydrogen-bond donors (Lipinski definition) is 2. The molecular formula is C22H28N2O5S. The zero-order chi connectivity index (χ0) is 22.1. The van der Waals surface area contributed by atoms with Crippen molar-refractivity contribution in [3.63, 3.8) is 0 Å². The lowest BCUT2D eigenvalue weighted by Gasteiger charge is -2.44. The number of carbonyl (C=O) groups excluding carboxylic acids is 2. The molecule has 1 aliphatic carbocycles. The van der Waals surface area contributed by atoms with Crippen LogP contribution in [-0.4, -0.2) is 29.1 Å². The van der Waals surface area contributed by atoms with Crippen molar-refractivity contribution >= 4 is 29.0 Å². The summed E-state index contributed by atoms with van der Waals surface area (Å²) in [6.45, 7) is 5.46. The van der Waals surface area contributed by atoms with Crippen LogP contribution in [0.15, 0.2) is 24.4 Å². The van der Waals surface area contributed by atoms with E-state index in [1.54, 1.807) is 12.3 Å². The minimum atomic E-state index is -1.10. The largest absolute Gasteiger partial charge is 0.469 e. The molecule has 8 heteroatoms. The van der Waals surface area contributed by atoms with Crippen molar-refractivity contribution in [2.45, 2.75) is 52.2 Å². The van der Waals surface area contributed by atoms with Gasteiger partial charge in [-0.05, 0) is 54.0 Å². The third-order valence-electron chi connectivity index (χ3n) is 5.67. The number of rotatable bonds is 5. The summed E-state index contributed by atoms with van der Waals surface area (Å²) < 4.78 is 10.0. The van der Waals surface area contributed by atoms with Crippen molar-refractivity contribution in [1.82, 2.24) is 4.98 Å². The number of nitrogens with zero attached hydrogens (tertiary/aromatic N) is 1. The van der Waals surface area contributed by atoms with Crippen LogP contribution in [0.1, 0.15) is 50.6 Å². The summed E-state index contributed by atoms with van der Waals surface area (Å²) in [4.78, 5) is 28.6. The van der Waals surface area contributed by atoms with Gasteiger partial charge < -0.3 is 20.3 Å². The second-order valence-electron chi connectivity index (χ2n) is 8.58. The fourth-order valence-electron chi connectivity index (χ4n) is 4.25. The Labute approximate surface area is 180 Å². The highest BCUT2D eigenvalue weighted by Crippen LogP contribution is 2.51. The Hall–Kier alpha value is -2.45. The summed E-state index contributed by atoms with van der Waals surface area (Å²) in [6.07, 6.45) is 3.12. The van der Waals surface area contributed by atoms with Gasteiger partial charge >= 0.3 is 11.9 Å². The SMILES string of the molecule is COC(=O)C1CC[C@](O)(c2ncc(-c3cc(N)cc(COC(C)=O)c3)s2)CC1(C)C. The molecule has 30 heavy (non-hydrogen) atoms. The smallest absolute Gasteiger partial charge is 0.309 e. The third-order valence-corrected chi connectivity index (χ3v) is 6.91. The molecule has 162 valence electrons. The van der Waals surface area contributed by atoms with Gasteiger partial charge in [-0.1, -0.05) is 13.8 Å². The van der Waals surface area contributed by atoms with Gasteiger partial charge in [-0.2, -0.15) is 0 Å². The Bertz CT molecular complexity index is 955. The summed E-state index contributed by atoms with van der Waals surface area (Å²) in [5.74, 6) is -0.839. The van der Waals surface area contributed by atoms with Crippen molar-refractivity contribution in [2.24, 2.45) is 11.3 Å². The van der Waals surface area contributed by atoms with E-state index in [1.807, 2.05) is 26.0 Å². The molecular weight excluding hydrogens is 404 g/mol. The molecule has 0 bridgehead atoms. The molecule has 0 spiro atoms. The Morgan fingerprint density at radius 3 is 2.70 bits per heavy atom. The first kappa shape index (κ1) is 22.2. The number of aromatic nitrogens is 1. The van der Waals surface area contributed by atoms with E-state index in [0.29, 0.717) is 30.0 Å². The number of esters is 2. The molecule has 3 rings (SSSR count). The number of nitrogens with two attached hydrogens (primary N) is 1. The Kier molecular flexibility index (Phi) is 6.19. The third kappa shape index (κ3) is 4.65. The minimum absolute atomic E-state index is 0.145. The molecule has 1 aromatic heterocycles. The maximum Gasteiger partial charge on any atom is 0.309 e. The predicted molar refractivity (Wildman–Crippen MR) is 114 cm³/mol. The van der Waals surface area contributed by atoms with Crippen molar-refractivity contribution in [2.75, 3.05) is 12.8 Å². The van der Waals surface area contributed by atoms with Crippen molar-refractivity contribution < 1.29 is 24.2 Å². The number of ether oxygens (including phenoxy) is 2. The lowest BCUT2D eigenvalue weighted by molar-refractivity contribution is -0.157. The molecule has 1 unspecified atom stereocenters. The van der Waals surface area contributed by atoms with Gasteiger partial charge in [-0.15, -0.1) is 11.3 Å². The highest BCUT2D eigenvalue weighted by Gasteiger charge is 2.49. The fraction of sp³-hybridized carbons (Fsp3) is 0.500. The van der Waals surface area contributed by atoms with E-state index >= 15 is 0 Å². The zero-order valence-electron chi connectivity index (χ0n) is 17.7. The summed E-state index contributed by atoms with van der Waals surface area (Å²) in [7, 11) is 1.40. The highest BCUT2D eigenvalue weighted by atomic mass is 32.1. The lowest BCUT2D eigenvalue weighted by Crippen LogP contribution is -2.45. The van der Waals surface area contributed by atoms with Gasteiger partial charge in [-0.25, -0.2) is 4.98 Å². The number of thiazole rings is 1. The standard InChI is InChI=1S/C22H28N2O5S/c1-13(25)29-11-14-7-15(9-16(23)8-14)18-10-24-20(30-18)22(27)6-5-17(19(26)28-4)21(2,3)12-22/h7-10,17,27H,5-6,11-12,23H2,1-4H3/t17?,22-/m1/s1. The van der Waals surface area contributed by atoms with E-state index in [4.69, 9.17) is 15.2 Å². The molecule has 0 amide bonds. The molecule has 1 fully saturated rings. The van der Waals surface area contributed by atoms with Gasteiger partial charge in [0.1, 0.15) is 17.2 Å². The van der Waals surface area contributed by atoms with Crippen LogP contribution in [0.4, 0.5) is 5.69 Å². The first-order chi connectivity index (χ1) is 14.0. The number of methoxy groups -OCH3 is 1. The van der Waals surface area contributed by atoms with Gasteiger partial charge in [0, 0.05) is 18.8 Å². The summed E-state index contributed by atoms with van der Waals surface area (Å²) in [5.41, 5.74) is 6.70. The number of hydrogen-bond acceptors (Lipinski definition) is 8. The molecule has 2 atom stereocenters. The maximum atomic E-state index is 12.1. The quantitative estimate of drug-likeness (QED) is 0.548. The van der Waals surface area contributed by atoms with E-state index in [0.717, 1.165) is 16.0 Å². The number of anilines is 1. The van der Waals surface area contributed by atoms with Gasteiger partial charge in [0.2, 0.25) is 0 Å². The lowest BCUT2D eigenvalue weighted by atomic mass is 9.63. The second kappa shape index (κ2) is 8.35. The maximum absolute atomic E-state index is 12.1. The van der Waals surface area contributed by atoms with Crippen LogP contribution in [0.2, 0.25) is 0 Å². The Morgan fingerprint density at radius 1 is 1.33 bits per heavy atom. The zero-order valence-corrected chi connectivity index (χ0v) is 18.5. The van der Waals surface area contributed by atoms with Gasteiger partial charge in [0.15, 0.2) is 0 Å². The number of benzene rings is 1. The van der Waals surface area contributed by atoms with Gasteiger partial charge in [0.05, 0.1) is 17.9 Å². The van der Waals surface area contributed by atoms with Crippen LogP contribution in [0.5, 0.6) is 0 Å². The molecule has 2 aromatic rings. The first-order valence-corrected chi connectivity index (χ1v) is 10.7. The molecule has 1 aromatic carbocycles. The average Bonchev–Trinajstić information content (AvgIpc) is 3.16. The summed E-state index contributed by atoms with van der Waals surface area (Å²) in [6, 6.07) is 5.49. The molecule has 1 heterocycles. The first-order valence-electron chi connectivity index (χ1n) is 9.84. The molecule has 3 N–H and O–H groups in total. The van der Waals surface area contributed by atoms with E-state index in [1.165, 1.54) is 25.4 Å². The van der Waals surface area contributed by atoms with Gasteiger partial charge in [-0.3, -0.25) is 9.59 Å². The van der Waals surface area contributed by atoms with E-state index in [9.17, 15) is 14.7 Å². The molecule has 0 aliphatic heterocycles. The van der Waals surface area contributed by atoms with Crippen molar-refractivity contribution in [3.8, 4) is 10.4 Å². The van der Waals surface area contributed by atoms with Gasteiger partial charge in [0.25, 0.3) is 0 Å². The van der Waals surface area contributed by atoms with E-state index in [2.05, 4.69) is 4.98 Å². The Balaban J connectivity index is 1.84. The van der Waals surface area contributed by atoms with E-state index in [-0.39, 0.29) is 24.5 Å². The minimum Gasteiger partial charge on any atom is -0.469 e. The molecule has 1 aliphatic rings. The van der Waals surface area contributed by atoms with Crippen LogP contribution in [0.3, 0.4) is 0 Å². The van der Waals surface area contributed by atoms with Crippen molar-refractivity contribution in [3.05, 3.63) is 35.0 Å². The number of nitrogen functional groups attached to an aromatic ring is 1. The Morgan fingerprint density at radius 2 is 2.07 bits per heavy atom. The summed E-state index contributed by atoms with van der Waals surface area (Å²) >= 11 is 1.41. The van der Waals surface area contributed by atoms with Crippen LogP contribution in [0, 0.1) is 11.3 Å². The molecule has 7 nitrogen and oxygen atoms in total. The van der Waals surface area contributed by atoms with Crippen LogP contribution >= 0.6 is 11.3 Å². The van der Waals surface area contributed by atoms with Crippen LogP contribution in [0.25, 0.3) is 10.4 Å².